The van der Waals surface area contributed by atoms with Crippen molar-refractivity contribution in [2.24, 2.45) is 0 Å². The second kappa shape index (κ2) is 4.33. The van der Waals surface area contributed by atoms with Crippen molar-refractivity contribution < 1.29 is 9.52 Å². The Kier molecular flexibility index (Phi) is 2.67. The Balaban J connectivity index is 2.25. The number of phenols is 1. The van der Waals surface area contributed by atoms with Crippen molar-refractivity contribution in [2.75, 3.05) is 0 Å². The SMILES string of the molecule is O=c1ccc2c(C3C=CCCC3)c(O)ccc2o1. The second-order valence-electron chi connectivity index (χ2n) is 4.63. The average Bonchev–Trinajstić information content (AvgIpc) is 2.40. The molecule has 2 aromatic rings. The van der Waals surface area contributed by atoms with E-state index in [-0.39, 0.29) is 17.3 Å². The average molecular weight is 242 g/mol. The third-order valence-corrected chi connectivity index (χ3v) is 3.45. The highest BCUT2D eigenvalue weighted by Gasteiger charge is 2.18. The molecule has 92 valence electrons. The molecule has 1 unspecified atom stereocenters. The monoisotopic (exact) mass is 242 g/mol. The van der Waals surface area contributed by atoms with E-state index in [4.69, 9.17) is 4.42 Å². The molecule has 0 saturated heterocycles. The van der Waals surface area contributed by atoms with Gasteiger partial charge in [-0.2, -0.15) is 0 Å². The number of hydrogen-bond donors (Lipinski definition) is 1. The van der Waals surface area contributed by atoms with Crippen molar-refractivity contribution in [1.82, 2.24) is 0 Å². The zero-order valence-electron chi connectivity index (χ0n) is 9.93. The minimum absolute atomic E-state index is 0.204. The fraction of sp³-hybridized carbons (Fsp3) is 0.267. The van der Waals surface area contributed by atoms with Gasteiger partial charge in [0.25, 0.3) is 0 Å². The molecule has 0 spiro atoms. The first-order chi connectivity index (χ1) is 8.75. The molecule has 0 aliphatic heterocycles. The van der Waals surface area contributed by atoms with Crippen molar-refractivity contribution >= 4 is 11.0 Å². The highest BCUT2D eigenvalue weighted by atomic mass is 16.4. The molecule has 0 saturated carbocycles. The molecule has 3 heteroatoms. The Morgan fingerprint density at radius 1 is 1.22 bits per heavy atom. The van der Waals surface area contributed by atoms with Gasteiger partial charge in [-0.15, -0.1) is 0 Å². The summed E-state index contributed by atoms with van der Waals surface area (Å²) in [4.78, 5) is 11.2. The molecule has 1 aliphatic carbocycles. The van der Waals surface area contributed by atoms with Crippen molar-refractivity contribution in [3.8, 4) is 5.75 Å². The number of phenolic OH excluding ortho intramolecular Hbond substituents is 1. The van der Waals surface area contributed by atoms with E-state index in [1.807, 2.05) is 0 Å². The molecule has 1 atom stereocenters. The topological polar surface area (TPSA) is 50.4 Å². The zero-order valence-corrected chi connectivity index (χ0v) is 9.93. The summed E-state index contributed by atoms with van der Waals surface area (Å²) in [5.74, 6) is 0.475. The van der Waals surface area contributed by atoms with E-state index in [0.717, 1.165) is 30.2 Å². The molecule has 1 aliphatic rings. The van der Waals surface area contributed by atoms with Gasteiger partial charge in [0.2, 0.25) is 0 Å². The molecule has 1 N–H and O–H groups in total. The van der Waals surface area contributed by atoms with Gasteiger partial charge in [0.1, 0.15) is 11.3 Å². The molecule has 0 radical (unpaired) electrons. The first-order valence-corrected chi connectivity index (χ1v) is 6.18. The largest absolute Gasteiger partial charge is 0.508 e. The molecule has 3 nitrogen and oxygen atoms in total. The van der Waals surface area contributed by atoms with Crippen molar-refractivity contribution in [1.29, 1.82) is 0 Å². The minimum Gasteiger partial charge on any atom is -0.508 e. The Morgan fingerprint density at radius 2 is 2.11 bits per heavy atom. The van der Waals surface area contributed by atoms with E-state index < -0.39 is 0 Å². The van der Waals surface area contributed by atoms with Gasteiger partial charge in [-0.05, 0) is 37.5 Å². The van der Waals surface area contributed by atoms with Gasteiger partial charge in [-0.1, -0.05) is 12.2 Å². The van der Waals surface area contributed by atoms with Crippen LogP contribution in [0.1, 0.15) is 30.7 Å². The zero-order chi connectivity index (χ0) is 12.5. The lowest BCUT2D eigenvalue weighted by Crippen LogP contribution is -2.02. The van der Waals surface area contributed by atoms with Gasteiger partial charge in [0.05, 0.1) is 0 Å². The van der Waals surface area contributed by atoms with Crippen LogP contribution in [-0.4, -0.2) is 5.11 Å². The summed E-state index contributed by atoms with van der Waals surface area (Å²) in [5, 5.41) is 10.9. The summed E-state index contributed by atoms with van der Waals surface area (Å²) >= 11 is 0. The molecular formula is C15H14O3. The standard InChI is InChI=1S/C15H14O3/c16-12-7-8-13-11(6-9-14(17)18-13)15(12)10-4-2-1-3-5-10/h2,4,6-10,16H,1,3,5H2. The normalized spacial score (nSPS) is 19.2. The number of benzene rings is 1. The van der Waals surface area contributed by atoms with Crippen LogP contribution in [0.2, 0.25) is 0 Å². The fourth-order valence-corrected chi connectivity index (χ4v) is 2.60. The molecule has 0 fully saturated rings. The number of fused-ring (bicyclic) bond motifs is 1. The maximum absolute atomic E-state index is 11.2. The quantitative estimate of drug-likeness (QED) is 0.616. The maximum atomic E-state index is 11.2. The van der Waals surface area contributed by atoms with Gasteiger partial charge in [0.15, 0.2) is 0 Å². The lowest BCUT2D eigenvalue weighted by molar-refractivity contribution is 0.462. The molecule has 1 heterocycles. The van der Waals surface area contributed by atoms with Crippen LogP contribution in [0.4, 0.5) is 0 Å². The summed E-state index contributed by atoms with van der Waals surface area (Å²) in [6.45, 7) is 0. The van der Waals surface area contributed by atoms with Gasteiger partial charge >= 0.3 is 5.63 Å². The third kappa shape index (κ3) is 1.82. The van der Waals surface area contributed by atoms with Gasteiger partial charge in [-0.25, -0.2) is 4.79 Å². The van der Waals surface area contributed by atoms with Crippen LogP contribution >= 0.6 is 0 Å². The van der Waals surface area contributed by atoms with Crippen LogP contribution in [0, 0.1) is 0 Å². The summed E-state index contributed by atoms with van der Waals surface area (Å²) in [6.07, 6.45) is 7.50. The van der Waals surface area contributed by atoms with Gasteiger partial charge < -0.3 is 9.52 Å². The summed E-state index contributed by atoms with van der Waals surface area (Å²) in [7, 11) is 0. The third-order valence-electron chi connectivity index (χ3n) is 3.45. The van der Waals surface area contributed by atoms with E-state index >= 15 is 0 Å². The number of rotatable bonds is 1. The van der Waals surface area contributed by atoms with Crippen molar-refractivity contribution in [3.05, 3.63) is 52.4 Å². The summed E-state index contributed by atoms with van der Waals surface area (Å²) in [6, 6.07) is 6.38. The highest BCUT2D eigenvalue weighted by molar-refractivity contribution is 5.83. The summed E-state index contributed by atoms with van der Waals surface area (Å²) in [5.41, 5.74) is 1.04. The first-order valence-electron chi connectivity index (χ1n) is 6.18. The van der Waals surface area contributed by atoms with Crippen LogP contribution in [0.25, 0.3) is 11.0 Å². The minimum atomic E-state index is -0.363. The Bertz CT molecular complexity index is 667. The Labute approximate surface area is 104 Å². The van der Waals surface area contributed by atoms with Gasteiger partial charge in [-0.3, -0.25) is 0 Å². The fourth-order valence-electron chi connectivity index (χ4n) is 2.60. The molecule has 1 aromatic carbocycles. The number of aromatic hydroxyl groups is 1. The van der Waals surface area contributed by atoms with E-state index in [1.54, 1.807) is 18.2 Å². The molecule has 0 bridgehead atoms. The lowest BCUT2D eigenvalue weighted by atomic mass is 9.87. The van der Waals surface area contributed by atoms with Crippen molar-refractivity contribution in [2.45, 2.75) is 25.2 Å². The maximum Gasteiger partial charge on any atom is 0.336 e. The van der Waals surface area contributed by atoms with Crippen LogP contribution in [0.15, 0.2) is 45.6 Å². The lowest BCUT2D eigenvalue weighted by Gasteiger charge is -2.19. The van der Waals surface area contributed by atoms with Crippen LogP contribution < -0.4 is 5.63 Å². The Morgan fingerprint density at radius 3 is 2.89 bits per heavy atom. The molecule has 18 heavy (non-hydrogen) atoms. The molecular weight excluding hydrogens is 228 g/mol. The Hall–Kier alpha value is -2.03. The molecule has 1 aromatic heterocycles. The van der Waals surface area contributed by atoms with E-state index in [1.165, 1.54) is 6.07 Å². The van der Waals surface area contributed by atoms with Crippen LogP contribution in [0.3, 0.4) is 0 Å². The van der Waals surface area contributed by atoms with Gasteiger partial charge in [0, 0.05) is 22.9 Å². The van der Waals surface area contributed by atoms with E-state index in [9.17, 15) is 9.90 Å². The highest BCUT2D eigenvalue weighted by Crippen LogP contribution is 2.37. The van der Waals surface area contributed by atoms with E-state index in [2.05, 4.69) is 12.2 Å². The number of allylic oxidation sites excluding steroid dienone is 2. The van der Waals surface area contributed by atoms with E-state index in [0.29, 0.717) is 5.58 Å². The number of hydrogen-bond acceptors (Lipinski definition) is 3. The molecule has 0 amide bonds. The van der Waals surface area contributed by atoms with Crippen LogP contribution in [0.5, 0.6) is 5.75 Å². The smallest absolute Gasteiger partial charge is 0.336 e. The first kappa shape index (κ1) is 11.1. The van der Waals surface area contributed by atoms with Crippen molar-refractivity contribution in [3.63, 3.8) is 0 Å². The van der Waals surface area contributed by atoms with Crippen LogP contribution in [-0.2, 0) is 0 Å². The second-order valence-corrected chi connectivity index (χ2v) is 4.63. The molecule has 3 rings (SSSR count). The summed E-state index contributed by atoms with van der Waals surface area (Å²) < 4.78 is 5.16. The predicted molar refractivity (Wildman–Crippen MR) is 69.9 cm³/mol. The predicted octanol–water partition coefficient (Wildman–Crippen LogP) is 3.32.